The molecule has 1 fully saturated rings. The summed E-state index contributed by atoms with van der Waals surface area (Å²) in [4.78, 5) is 5.13. The van der Waals surface area contributed by atoms with Crippen molar-refractivity contribution in [3.05, 3.63) is 0 Å². The smallest absolute Gasteiger partial charge is 0.0600 e. The van der Waals surface area contributed by atoms with Gasteiger partial charge in [-0.15, -0.1) is 0 Å². The summed E-state index contributed by atoms with van der Waals surface area (Å²) in [6.45, 7) is 21.0. The SMILES string of the molecule is CC1CN(C(C)(C)C)CCN1CCOC(C)(C)C. The third-order valence-corrected chi connectivity index (χ3v) is 3.63. The van der Waals surface area contributed by atoms with Crippen LogP contribution in [0.1, 0.15) is 48.5 Å². The summed E-state index contributed by atoms with van der Waals surface area (Å²) >= 11 is 0. The van der Waals surface area contributed by atoms with E-state index in [1.807, 2.05) is 0 Å². The van der Waals surface area contributed by atoms with Crippen molar-refractivity contribution in [2.24, 2.45) is 0 Å². The summed E-state index contributed by atoms with van der Waals surface area (Å²) < 4.78 is 5.82. The molecule has 1 unspecified atom stereocenters. The van der Waals surface area contributed by atoms with Crippen LogP contribution in [0.3, 0.4) is 0 Å². The van der Waals surface area contributed by atoms with E-state index >= 15 is 0 Å². The van der Waals surface area contributed by atoms with Crippen LogP contribution >= 0.6 is 0 Å². The third-order valence-electron chi connectivity index (χ3n) is 3.63. The van der Waals surface area contributed by atoms with Crippen LogP contribution in [0.25, 0.3) is 0 Å². The van der Waals surface area contributed by atoms with Gasteiger partial charge in [-0.1, -0.05) is 0 Å². The summed E-state index contributed by atoms with van der Waals surface area (Å²) in [5.74, 6) is 0. The number of hydrogen-bond acceptors (Lipinski definition) is 3. The van der Waals surface area contributed by atoms with Gasteiger partial charge in [-0.05, 0) is 48.5 Å². The average molecular weight is 256 g/mol. The van der Waals surface area contributed by atoms with Crippen LogP contribution in [0.5, 0.6) is 0 Å². The molecule has 0 N–H and O–H groups in total. The van der Waals surface area contributed by atoms with Crippen molar-refractivity contribution in [2.45, 2.75) is 65.6 Å². The molecule has 0 aromatic rings. The fraction of sp³-hybridized carbons (Fsp3) is 1.00. The van der Waals surface area contributed by atoms with E-state index in [1.54, 1.807) is 0 Å². The van der Waals surface area contributed by atoms with Gasteiger partial charge in [-0.2, -0.15) is 0 Å². The highest BCUT2D eigenvalue weighted by Crippen LogP contribution is 2.19. The van der Waals surface area contributed by atoms with Crippen molar-refractivity contribution in [1.29, 1.82) is 0 Å². The normalized spacial score (nSPS) is 24.5. The number of hydrogen-bond donors (Lipinski definition) is 0. The molecule has 1 aliphatic rings. The Hall–Kier alpha value is -0.120. The van der Waals surface area contributed by atoms with Crippen LogP contribution in [-0.2, 0) is 4.74 Å². The first-order valence-electron chi connectivity index (χ1n) is 7.23. The van der Waals surface area contributed by atoms with Gasteiger partial charge >= 0.3 is 0 Å². The molecule has 0 aliphatic carbocycles. The van der Waals surface area contributed by atoms with Crippen molar-refractivity contribution < 1.29 is 4.74 Å². The average Bonchev–Trinajstić information content (AvgIpc) is 2.17. The molecule has 0 amide bonds. The van der Waals surface area contributed by atoms with E-state index in [0.717, 1.165) is 19.7 Å². The number of ether oxygens (including phenoxy) is 1. The van der Waals surface area contributed by atoms with Crippen molar-refractivity contribution >= 4 is 0 Å². The van der Waals surface area contributed by atoms with Crippen LogP contribution in [0, 0.1) is 0 Å². The molecule has 3 heteroatoms. The van der Waals surface area contributed by atoms with E-state index in [9.17, 15) is 0 Å². The summed E-state index contributed by atoms with van der Waals surface area (Å²) in [5, 5.41) is 0. The summed E-state index contributed by atoms with van der Waals surface area (Å²) in [6, 6.07) is 0.626. The maximum atomic E-state index is 5.82. The molecule has 1 aliphatic heterocycles. The first kappa shape index (κ1) is 15.9. The number of rotatable bonds is 3. The van der Waals surface area contributed by atoms with Crippen LogP contribution in [0.2, 0.25) is 0 Å². The second-order valence-electron chi connectivity index (χ2n) is 7.46. The molecule has 1 heterocycles. The Kier molecular flexibility index (Phi) is 5.22. The van der Waals surface area contributed by atoms with E-state index in [-0.39, 0.29) is 5.60 Å². The highest BCUT2D eigenvalue weighted by atomic mass is 16.5. The van der Waals surface area contributed by atoms with E-state index in [0.29, 0.717) is 11.6 Å². The van der Waals surface area contributed by atoms with Crippen molar-refractivity contribution in [3.8, 4) is 0 Å². The fourth-order valence-corrected chi connectivity index (χ4v) is 2.41. The molecule has 1 rings (SSSR count). The standard InChI is InChI=1S/C15H32N2O/c1-13-12-17(14(2,3)4)9-8-16(13)10-11-18-15(5,6)7/h13H,8-12H2,1-7H3. The number of nitrogens with zero attached hydrogens (tertiary/aromatic N) is 2. The molecule has 0 radical (unpaired) electrons. The molecular formula is C15H32N2O. The lowest BCUT2D eigenvalue weighted by Crippen LogP contribution is -2.57. The van der Waals surface area contributed by atoms with Crippen LogP contribution in [0.4, 0.5) is 0 Å². The summed E-state index contributed by atoms with van der Waals surface area (Å²) in [5.41, 5.74) is 0.277. The predicted molar refractivity (Wildman–Crippen MR) is 78.1 cm³/mol. The first-order valence-corrected chi connectivity index (χ1v) is 7.23. The van der Waals surface area contributed by atoms with Gasteiger partial charge in [0.25, 0.3) is 0 Å². The Balaban J connectivity index is 2.35. The highest BCUT2D eigenvalue weighted by molar-refractivity contribution is 4.86. The molecule has 3 nitrogen and oxygen atoms in total. The van der Waals surface area contributed by atoms with Crippen molar-refractivity contribution in [2.75, 3.05) is 32.8 Å². The summed E-state index contributed by atoms with van der Waals surface area (Å²) in [6.07, 6.45) is 0. The topological polar surface area (TPSA) is 15.7 Å². The third kappa shape index (κ3) is 5.25. The molecule has 108 valence electrons. The fourth-order valence-electron chi connectivity index (χ4n) is 2.41. The Morgan fingerprint density at radius 3 is 2.11 bits per heavy atom. The molecular weight excluding hydrogens is 224 g/mol. The van der Waals surface area contributed by atoms with Gasteiger partial charge in [0, 0.05) is 37.8 Å². The second-order valence-corrected chi connectivity index (χ2v) is 7.46. The Labute approximate surface area is 113 Å². The van der Waals surface area contributed by atoms with Gasteiger partial charge in [0.15, 0.2) is 0 Å². The minimum Gasteiger partial charge on any atom is -0.375 e. The highest BCUT2D eigenvalue weighted by Gasteiger charge is 2.29. The quantitative estimate of drug-likeness (QED) is 0.772. The Morgan fingerprint density at radius 1 is 1.06 bits per heavy atom. The maximum absolute atomic E-state index is 5.82. The molecule has 18 heavy (non-hydrogen) atoms. The lowest BCUT2D eigenvalue weighted by Gasteiger charge is -2.46. The van der Waals surface area contributed by atoms with Gasteiger partial charge < -0.3 is 4.74 Å². The van der Waals surface area contributed by atoms with E-state index in [2.05, 4.69) is 58.3 Å². The van der Waals surface area contributed by atoms with E-state index < -0.39 is 0 Å². The molecule has 0 aromatic carbocycles. The summed E-state index contributed by atoms with van der Waals surface area (Å²) in [7, 11) is 0. The predicted octanol–water partition coefficient (Wildman–Crippen LogP) is 2.61. The van der Waals surface area contributed by atoms with Gasteiger partial charge in [0.05, 0.1) is 12.2 Å². The minimum atomic E-state index is -0.0174. The van der Waals surface area contributed by atoms with Crippen molar-refractivity contribution in [1.82, 2.24) is 9.80 Å². The van der Waals surface area contributed by atoms with E-state index in [4.69, 9.17) is 4.74 Å². The van der Waals surface area contributed by atoms with Gasteiger partial charge in [-0.25, -0.2) is 0 Å². The Bertz CT molecular complexity index is 250. The van der Waals surface area contributed by atoms with Gasteiger partial charge in [0.2, 0.25) is 0 Å². The van der Waals surface area contributed by atoms with E-state index in [1.165, 1.54) is 13.1 Å². The molecule has 1 atom stereocenters. The number of piperazine rings is 1. The minimum absolute atomic E-state index is 0.0174. The van der Waals surface area contributed by atoms with Crippen LogP contribution in [-0.4, -0.2) is 59.8 Å². The van der Waals surface area contributed by atoms with Gasteiger partial charge in [0.1, 0.15) is 0 Å². The van der Waals surface area contributed by atoms with Crippen LogP contribution < -0.4 is 0 Å². The van der Waals surface area contributed by atoms with Crippen LogP contribution in [0.15, 0.2) is 0 Å². The zero-order valence-corrected chi connectivity index (χ0v) is 13.4. The molecule has 0 aromatic heterocycles. The molecule has 0 bridgehead atoms. The van der Waals surface area contributed by atoms with Crippen molar-refractivity contribution in [3.63, 3.8) is 0 Å². The first-order chi connectivity index (χ1) is 8.09. The second kappa shape index (κ2) is 5.89. The molecule has 0 spiro atoms. The lowest BCUT2D eigenvalue weighted by molar-refractivity contribution is -0.0326. The molecule has 0 saturated carbocycles. The zero-order chi connectivity index (χ0) is 14.0. The maximum Gasteiger partial charge on any atom is 0.0600 e. The monoisotopic (exact) mass is 256 g/mol. The van der Waals surface area contributed by atoms with Gasteiger partial charge in [-0.3, -0.25) is 9.80 Å². The Morgan fingerprint density at radius 2 is 1.67 bits per heavy atom. The largest absolute Gasteiger partial charge is 0.375 e. The zero-order valence-electron chi connectivity index (χ0n) is 13.4. The lowest BCUT2D eigenvalue weighted by atomic mass is 10.0. The molecule has 1 saturated heterocycles.